The summed E-state index contributed by atoms with van der Waals surface area (Å²) in [6.45, 7) is 10.3. The summed E-state index contributed by atoms with van der Waals surface area (Å²) in [6.07, 6.45) is 4.52. The molecule has 0 aromatic rings. The Hall–Kier alpha value is -3.12. The van der Waals surface area contributed by atoms with Crippen molar-refractivity contribution in [2.75, 3.05) is 6.61 Å². The van der Waals surface area contributed by atoms with Crippen LogP contribution >= 0.6 is 0 Å². The number of ketones is 2. The van der Waals surface area contributed by atoms with Crippen LogP contribution in [0.25, 0.3) is 0 Å². The highest BCUT2D eigenvalue weighted by Crippen LogP contribution is 2.67. The topological polar surface area (TPSA) is 196 Å². The number of Topliss-reactive ketones (excluding diaryl/α,β-unsaturated/α-hetero) is 1. The summed E-state index contributed by atoms with van der Waals surface area (Å²) in [7, 11) is 0. The number of carbonyl (C=O) groups is 6. The molecule has 0 saturated heterocycles. The number of aliphatic hydroxyl groups excluding tert-OH is 1. The normalized spacial score (nSPS) is 34.4. The summed E-state index contributed by atoms with van der Waals surface area (Å²) in [5.41, 5.74) is -1.90. The van der Waals surface area contributed by atoms with Gasteiger partial charge in [-0.05, 0) is 79.6 Å². The predicted molar refractivity (Wildman–Crippen MR) is 174 cm³/mol. The van der Waals surface area contributed by atoms with Crippen molar-refractivity contribution in [2.45, 2.75) is 130 Å². The van der Waals surface area contributed by atoms with E-state index in [4.69, 9.17) is 4.74 Å². The number of amides is 2. The number of nitrogens with one attached hydrogen (secondary N) is 2. The van der Waals surface area contributed by atoms with Crippen LogP contribution in [-0.2, 0) is 33.5 Å². The quantitative estimate of drug-likeness (QED) is 0.181. The van der Waals surface area contributed by atoms with E-state index >= 15 is 0 Å². The molecule has 2 amide bonds. The fraction of sp³-hybridized carbons (Fsp3) is 0.778. The van der Waals surface area contributed by atoms with Crippen molar-refractivity contribution >= 4 is 35.3 Å². The van der Waals surface area contributed by atoms with Crippen LogP contribution in [0.15, 0.2) is 11.6 Å². The molecule has 0 spiro atoms. The highest BCUT2D eigenvalue weighted by Gasteiger charge is 2.68. The van der Waals surface area contributed by atoms with Crippen LogP contribution in [0.3, 0.4) is 0 Å². The number of esters is 1. The number of hydrogen-bond acceptors (Lipinski definition) is 9. The molecule has 0 bridgehead atoms. The van der Waals surface area contributed by atoms with E-state index in [1.807, 2.05) is 13.8 Å². The SMILES string of the molecule is CC[C@H](C)[C@@H](NC(=O)[C@H](NC(=O)CCC(=O)OCC(=O)[C@@]1(O)CC[C@H]2[C@@H]3CCC4=CC(=O)CC[C@]4(C)[C@H]3[C@@H](O)C[C@@]21C)C(C)C)C(=O)O. The van der Waals surface area contributed by atoms with Gasteiger partial charge in [0.15, 0.2) is 12.4 Å². The van der Waals surface area contributed by atoms with Crippen LogP contribution in [0.2, 0.25) is 0 Å². The minimum atomic E-state index is -1.79. The van der Waals surface area contributed by atoms with Crippen molar-refractivity contribution in [1.82, 2.24) is 10.6 Å². The zero-order valence-corrected chi connectivity index (χ0v) is 29.2. The van der Waals surface area contributed by atoms with E-state index in [-0.39, 0.29) is 66.5 Å². The first-order valence-corrected chi connectivity index (χ1v) is 17.5. The standard InChI is InChI=1S/C36H54N2O10/c1-7-20(4)31(33(45)46)38-32(44)30(19(2)3)37-27(42)10-11-28(43)48-18-26(41)36(47)15-13-24-23-9-8-21-16-22(39)12-14-34(21,5)29(23)25(40)17-35(24,36)6/h16,19-20,23-25,29-31,40,47H,7-15,17-18H2,1-6H3,(H,37,42)(H,38,44)(H,45,46)/t20-,23-,24-,25-,29+,30+,31+,34-,35-,36-/m0/s1. The van der Waals surface area contributed by atoms with Crippen LogP contribution in [0, 0.1) is 40.4 Å². The number of carboxylic acids is 1. The maximum atomic E-state index is 13.5. The first-order valence-electron chi connectivity index (χ1n) is 17.5. The van der Waals surface area contributed by atoms with Gasteiger partial charge in [-0.2, -0.15) is 0 Å². The van der Waals surface area contributed by atoms with Crippen LogP contribution in [0.5, 0.6) is 0 Å². The second kappa shape index (κ2) is 14.4. The minimum absolute atomic E-state index is 0.0164. The van der Waals surface area contributed by atoms with Gasteiger partial charge in [-0.15, -0.1) is 0 Å². The lowest BCUT2D eigenvalue weighted by Crippen LogP contribution is -2.62. The van der Waals surface area contributed by atoms with E-state index in [9.17, 15) is 44.1 Å². The number of carboxylic acid groups (broad SMARTS) is 1. The van der Waals surface area contributed by atoms with Gasteiger partial charge in [-0.3, -0.25) is 24.0 Å². The third kappa shape index (κ3) is 6.97. The van der Waals surface area contributed by atoms with Crippen molar-refractivity contribution in [2.24, 2.45) is 40.4 Å². The molecule has 0 aromatic heterocycles. The average molecular weight is 675 g/mol. The Morgan fingerprint density at radius 2 is 1.69 bits per heavy atom. The van der Waals surface area contributed by atoms with Gasteiger partial charge in [0.1, 0.15) is 17.7 Å². The highest BCUT2D eigenvalue weighted by molar-refractivity contribution is 5.93. The van der Waals surface area contributed by atoms with E-state index in [2.05, 4.69) is 17.6 Å². The third-order valence-corrected chi connectivity index (χ3v) is 12.5. The maximum Gasteiger partial charge on any atom is 0.326 e. The molecule has 12 nitrogen and oxygen atoms in total. The van der Waals surface area contributed by atoms with E-state index in [0.717, 1.165) is 18.4 Å². The Morgan fingerprint density at radius 3 is 2.31 bits per heavy atom. The highest BCUT2D eigenvalue weighted by atomic mass is 16.5. The zero-order valence-electron chi connectivity index (χ0n) is 29.2. The van der Waals surface area contributed by atoms with Gasteiger partial charge in [0.05, 0.1) is 12.5 Å². The first kappa shape index (κ1) is 37.7. The number of aliphatic carboxylic acids is 1. The van der Waals surface area contributed by atoms with Gasteiger partial charge >= 0.3 is 11.9 Å². The number of ether oxygens (including phenoxy) is 1. The number of carbonyl (C=O) groups excluding carboxylic acids is 5. The fourth-order valence-electron chi connectivity index (χ4n) is 9.41. The second-order valence-corrected chi connectivity index (χ2v) is 15.6. The molecule has 5 N–H and O–H groups in total. The largest absolute Gasteiger partial charge is 0.480 e. The molecule has 0 aromatic carbocycles. The Kier molecular flexibility index (Phi) is 11.3. The Morgan fingerprint density at radius 1 is 1.00 bits per heavy atom. The summed E-state index contributed by atoms with van der Waals surface area (Å²) in [6, 6.07) is -2.13. The summed E-state index contributed by atoms with van der Waals surface area (Å²) < 4.78 is 5.23. The van der Waals surface area contributed by atoms with Crippen LogP contribution < -0.4 is 10.6 Å². The third-order valence-electron chi connectivity index (χ3n) is 12.5. The Bertz CT molecular complexity index is 1340. The predicted octanol–water partition coefficient (Wildman–Crippen LogP) is 2.87. The van der Waals surface area contributed by atoms with Crippen LogP contribution in [-0.4, -0.2) is 81.0 Å². The molecule has 3 saturated carbocycles. The number of fused-ring (bicyclic) bond motifs is 5. The molecule has 3 fully saturated rings. The molecule has 4 aliphatic rings. The minimum Gasteiger partial charge on any atom is -0.480 e. The molecule has 0 radical (unpaired) electrons. The fourth-order valence-corrected chi connectivity index (χ4v) is 9.41. The van der Waals surface area contributed by atoms with Gasteiger partial charge in [-0.1, -0.05) is 53.5 Å². The zero-order chi connectivity index (χ0) is 35.8. The number of aliphatic hydroxyl groups is 2. The molecular weight excluding hydrogens is 620 g/mol. The molecule has 48 heavy (non-hydrogen) atoms. The van der Waals surface area contributed by atoms with E-state index in [1.165, 1.54) is 0 Å². The number of rotatable bonds is 13. The molecule has 0 heterocycles. The van der Waals surface area contributed by atoms with Crippen molar-refractivity contribution < 1.29 is 48.8 Å². The molecule has 0 aliphatic heterocycles. The first-order chi connectivity index (χ1) is 22.4. The lowest BCUT2D eigenvalue weighted by molar-refractivity contribution is -0.184. The number of hydrogen-bond donors (Lipinski definition) is 5. The second-order valence-electron chi connectivity index (χ2n) is 15.6. The van der Waals surface area contributed by atoms with Crippen LogP contribution in [0.4, 0.5) is 0 Å². The summed E-state index contributed by atoms with van der Waals surface area (Å²) in [5.74, 6) is -4.42. The van der Waals surface area contributed by atoms with Gasteiger partial charge < -0.3 is 30.7 Å². The van der Waals surface area contributed by atoms with E-state index in [1.54, 1.807) is 26.8 Å². The number of allylic oxidation sites excluding steroid dienone is 1. The van der Waals surface area contributed by atoms with Gasteiger partial charge in [0.25, 0.3) is 0 Å². The van der Waals surface area contributed by atoms with Gasteiger partial charge in [-0.25, -0.2) is 4.79 Å². The van der Waals surface area contributed by atoms with E-state index < -0.39 is 65.3 Å². The lowest BCUT2D eigenvalue weighted by Gasteiger charge is -2.60. The molecule has 4 rings (SSSR count). The Balaban J connectivity index is 1.32. The van der Waals surface area contributed by atoms with Crippen molar-refractivity contribution in [3.05, 3.63) is 11.6 Å². The summed E-state index contributed by atoms with van der Waals surface area (Å²) in [4.78, 5) is 75.5. The lowest BCUT2D eigenvalue weighted by atomic mass is 9.45. The average Bonchev–Trinajstić information content (AvgIpc) is 3.29. The van der Waals surface area contributed by atoms with Crippen LogP contribution in [0.1, 0.15) is 106 Å². The molecule has 4 aliphatic carbocycles. The van der Waals surface area contributed by atoms with Crippen molar-refractivity contribution in [1.29, 1.82) is 0 Å². The summed E-state index contributed by atoms with van der Waals surface area (Å²) >= 11 is 0. The monoisotopic (exact) mass is 674 g/mol. The molecular formula is C36H54N2O10. The molecule has 10 atom stereocenters. The molecule has 12 heteroatoms. The Labute approximate surface area is 282 Å². The van der Waals surface area contributed by atoms with Crippen molar-refractivity contribution in [3.63, 3.8) is 0 Å². The van der Waals surface area contributed by atoms with Crippen molar-refractivity contribution in [3.8, 4) is 0 Å². The van der Waals surface area contributed by atoms with Gasteiger partial charge in [0, 0.05) is 18.3 Å². The van der Waals surface area contributed by atoms with Gasteiger partial charge in [0.2, 0.25) is 17.6 Å². The maximum absolute atomic E-state index is 13.5. The van der Waals surface area contributed by atoms with E-state index in [0.29, 0.717) is 25.7 Å². The summed E-state index contributed by atoms with van der Waals surface area (Å²) in [5, 5.41) is 38.0. The smallest absolute Gasteiger partial charge is 0.326 e. The molecule has 0 unspecified atom stereocenters. The molecule has 268 valence electrons.